The summed E-state index contributed by atoms with van der Waals surface area (Å²) in [4.78, 5) is 4.49. The molecule has 1 atom stereocenters. The van der Waals surface area contributed by atoms with Gasteiger partial charge in [-0.05, 0) is 30.1 Å². The predicted octanol–water partition coefficient (Wildman–Crippen LogP) is 2.34. The lowest BCUT2D eigenvalue weighted by Gasteiger charge is -2.14. The van der Waals surface area contributed by atoms with Crippen LogP contribution in [0.5, 0.6) is 0 Å². The molecule has 0 aliphatic carbocycles. The maximum Gasteiger partial charge on any atom is 0.0809 e. The molecule has 3 aromatic rings. The molecule has 0 aromatic carbocycles. The fourth-order valence-electron chi connectivity index (χ4n) is 2.13. The van der Waals surface area contributed by atoms with Gasteiger partial charge >= 0.3 is 0 Å². The molecule has 0 aliphatic heterocycles. The smallest absolute Gasteiger partial charge is 0.0809 e. The average molecular weight is 258 g/mol. The molecular formula is C13H14N4S. The van der Waals surface area contributed by atoms with E-state index in [1.165, 1.54) is 10.3 Å². The summed E-state index contributed by atoms with van der Waals surface area (Å²) in [6, 6.07) is 4.38. The summed E-state index contributed by atoms with van der Waals surface area (Å²) in [5, 5.41) is 9.61. The van der Waals surface area contributed by atoms with Crippen LogP contribution in [0, 0.1) is 0 Å². The minimum absolute atomic E-state index is 0.137. The van der Waals surface area contributed by atoms with Crippen LogP contribution in [0.4, 0.5) is 0 Å². The van der Waals surface area contributed by atoms with Gasteiger partial charge in [0.1, 0.15) is 0 Å². The van der Waals surface area contributed by atoms with Crippen molar-refractivity contribution in [1.29, 1.82) is 0 Å². The van der Waals surface area contributed by atoms with E-state index in [2.05, 4.69) is 26.8 Å². The van der Waals surface area contributed by atoms with Crippen molar-refractivity contribution >= 4 is 21.6 Å². The van der Waals surface area contributed by atoms with Crippen LogP contribution in [-0.2, 0) is 7.05 Å². The van der Waals surface area contributed by atoms with Crippen LogP contribution in [0.3, 0.4) is 0 Å². The van der Waals surface area contributed by atoms with E-state index in [0.29, 0.717) is 0 Å². The number of hydrogen-bond acceptors (Lipinski definition) is 4. The SMILES string of the molecule is CNC(c1cnc2ccsc2c1)c1cnn(C)c1. The predicted molar refractivity (Wildman–Crippen MR) is 73.7 cm³/mol. The molecule has 0 saturated heterocycles. The minimum Gasteiger partial charge on any atom is -0.309 e. The normalized spacial score (nSPS) is 13.0. The first-order valence-corrected chi connectivity index (χ1v) is 6.65. The summed E-state index contributed by atoms with van der Waals surface area (Å²) < 4.78 is 3.04. The Morgan fingerprint density at radius 2 is 2.22 bits per heavy atom. The van der Waals surface area contributed by atoms with E-state index in [9.17, 15) is 0 Å². The highest BCUT2D eigenvalue weighted by Gasteiger charge is 2.14. The summed E-state index contributed by atoms with van der Waals surface area (Å²) in [6.07, 6.45) is 5.85. The summed E-state index contributed by atoms with van der Waals surface area (Å²) in [6.45, 7) is 0. The van der Waals surface area contributed by atoms with E-state index < -0.39 is 0 Å². The lowest BCUT2D eigenvalue weighted by Crippen LogP contribution is -2.17. The Bertz CT molecular complexity index is 670. The number of nitrogens with one attached hydrogen (secondary N) is 1. The number of pyridine rings is 1. The first-order chi connectivity index (χ1) is 8.78. The van der Waals surface area contributed by atoms with Crippen molar-refractivity contribution in [2.45, 2.75) is 6.04 Å². The van der Waals surface area contributed by atoms with Crippen molar-refractivity contribution in [3.63, 3.8) is 0 Å². The number of nitrogens with zero attached hydrogens (tertiary/aromatic N) is 3. The fraction of sp³-hybridized carbons (Fsp3) is 0.231. The molecule has 0 spiro atoms. The van der Waals surface area contributed by atoms with Crippen molar-refractivity contribution < 1.29 is 0 Å². The topological polar surface area (TPSA) is 42.7 Å². The highest BCUT2D eigenvalue weighted by Crippen LogP contribution is 2.26. The fourth-order valence-corrected chi connectivity index (χ4v) is 2.92. The van der Waals surface area contributed by atoms with Gasteiger partial charge in [-0.3, -0.25) is 9.67 Å². The Balaban J connectivity index is 2.04. The number of hydrogen-bond donors (Lipinski definition) is 1. The first kappa shape index (κ1) is 11.4. The van der Waals surface area contributed by atoms with E-state index in [0.717, 1.165) is 11.1 Å². The molecule has 1 unspecified atom stereocenters. The molecule has 0 bridgehead atoms. The number of fused-ring (bicyclic) bond motifs is 1. The van der Waals surface area contributed by atoms with Gasteiger partial charge in [0.2, 0.25) is 0 Å². The van der Waals surface area contributed by atoms with E-state index in [1.807, 2.05) is 43.4 Å². The van der Waals surface area contributed by atoms with Crippen molar-refractivity contribution in [3.05, 3.63) is 47.2 Å². The number of rotatable bonds is 3. The van der Waals surface area contributed by atoms with Crippen molar-refractivity contribution in [2.24, 2.45) is 7.05 Å². The molecule has 0 saturated carbocycles. The molecule has 92 valence electrons. The molecule has 3 heterocycles. The molecule has 3 rings (SSSR count). The van der Waals surface area contributed by atoms with Gasteiger partial charge in [0.15, 0.2) is 0 Å². The minimum atomic E-state index is 0.137. The van der Waals surface area contributed by atoms with Gasteiger partial charge < -0.3 is 5.32 Å². The first-order valence-electron chi connectivity index (χ1n) is 5.77. The Labute approximate surface area is 109 Å². The molecular weight excluding hydrogens is 244 g/mol. The summed E-state index contributed by atoms with van der Waals surface area (Å²) >= 11 is 1.72. The third-order valence-corrected chi connectivity index (χ3v) is 3.86. The molecule has 0 aliphatic rings. The van der Waals surface area contributed by atoms with Gasteiger partial charge in [0.05, 0.1) is 22.5 Å². The summed E-state index contributed by atoms with van der Waals surface area (Å²) in [5.41, 5.74) is 3.38. The molecule has 3 aromatic heterocycles. The maximum atomic E-state index is 4.49. The standard InChI is InChI=1S/C13H14N4S/c1-14-13(10-7-16-17(2)8-10)9-5-12-11(15-6-9)3-4-18-12/h3-8,13-14H,1-2H3. The third kappa shape index (κ3) is 1.91. The zero-order chi connectivity index (χ0) is 12.5. The Morgan fingerprint density at radius 1 is 1.33 bits per heavy atom. The van der Waals surface area contributed by atoms with Crippen LogP contribution in [0.15, 0.2) is 36.1 Å². The van der Waals surface area contributed by atoms with Crippen LogP contribution in [0.25, 0.3) is 10.2 Å². The largest absolute Gasteiger partial charge is 0.309 e. The van der Waals surface area contributed by atoms with Gasteiger partial charge in [-0.1, -0.05) is 0 Å². The molecule has 4 nitrogen and oxygen atoms in total. The Morgan fingerprint density at radius 3 is 2.94 bits per heavy atom. The summed E-state index contributed by atoms with van der Waals surface area (Å²) in [5.74, 6) is 0. The third-order valence-electron chi connectivity index (χ3n) is 3.00. The molecule has 18 heavy (non-hydrogen) atoms. The molecule has 0 radical (unpaired) electrons. The molecule has 0 amide bonds. The van der Waals surface area contributed by atoms with Gasteiger partial charge in [-0.2, -0.15) is 5.10 Å². The zero-order valence-electron chi connectivity index (χ0n) is 10.3. The van der Waals surface area contributed by atoms with Crippen LogP contribution in [0.1, 0.15) is 17.2 Å². The number of thiophene rings is 1. The van der Waals surface area contributed by atoms with Gasteiger partial charge in [-0.25, -0.2) is 0 Å². The quantitative estimate of drug-likeness (QED) is 0.784. The lowest BCUT2D eigenvalue weighted by molar-refractivity contribution is 0.688. The molecule has 1 N–H and O–H groups in total. The van der Waals surface area contributed by atoms with E-state index >= 15 is 0 Å². The van der Waals surface area contributed by atoms with E-state index in [4.69, 9.17) is 0 Å². The molecule has 0 fully saturated rings. The molecule has 5 heteroatoms. The van der Waals surface area contributed by atoms with Gasteiger partial charge in [0.25, 0.3) is 0 Å². The monoisotopic (exact) mass is 258 g/mol. The number of aryl methyl sites for hydroxylation is 1. The van der Waals surface area contributed by atoms with Gasteiger partial charge in [-0.15, -0.1) is 11.3 Å². The van der Waals surface area contributed by atoms with Gasteiger partial charge in [0, 0.05) is 25.0 Å². The Kier molecular flexibility index (Phi) is 2.85. The van der Waals surface area contributed by atoms with Crippen LogP contribution < -0.4 is 5.32 Å². The van der Waals surface area contributed by atoms with Crippen LogP contribution in [0.2, 0.25) is 0 Å². The maximum absolute atomic E-state index is 4.49. The second-order valence-corrected chi connectivity index (χ2v) is 5.19. The highest BCUT2D eigenvalue weighted by molar-refractivity contribution is 7.17. The summed E-state index contributed by atoms with van der Waals surface area (Å²) in [7, 11) is 3.88. The average Bonchev–Trinajstić information content (AvgIpc) is 2.99. The van der Waals surface area contributed by atoms with Crippen LogP contribution >= 0.6 is 11.3 Å². The van der Waals surface area contributed by atoms with Crippen LogP contribution in [-0.4, -0.2) is 21.8 Å². The van der Waals surface area contributed by atoms with E-state index in [1.54, 1.807) is 11.3 Å². The second kappa shape index (κ2) is 4.51. The number of aromatic nitrogens is 3. The Hall–Kier alpha value is -1.72. The van der Waals surface area contributed by atoms with E-state index in [-0.39, 0.29) is 6.04 Å². The highest BCUT2D eigenvalue weighted by atomic mass is 32.1. The van der Waals surface area contributed by atoms with Crippen molar-refractivity contribution in [3.8, 4) is 0 Å². The zero-order valence-corrected chi connectivity index (χ0v) is 11.1. The second-order valence-electron chi connectivity index (χ2n) is 4.24. The van der Waals surface area contributed by atoms with Crippen molar-refractivity contribution in [2.75, 3.05) is 7.05 Å². The van der Waals surface area contributed by atoms with Crippen molar-refractivity contribution in [1.82, 2.24) is 20.1 Å². The lowest BCUT2D eigenvalue weighted by atomic mass is 10.0.